The van der Waals surface area contributed by atoms with Crippen molar-refractivity contribution >= 4 is 29.6 Å². The molecule has 24 heavy (non-hydrogen) atoms. The van der Waals surface area contributed by atoms with E-state index in [4.69, 9.17) is 14.0 Å². The fourth-order valence-corrected chi connectivity index (χ4v) is 2.40. The standard InChI is InChI=1S/C16H23BN4O3/c1-15(2)16(3,4)24-17(23-15)12-8-11-9-20-14(18-6-7-22-5)21-13(11)19-10-12/h8-10H,6-7H2,1-5H3,(H,18,19,20,21). The van der Waals surface area contributed by atoms with E-state index in [-0.39, 0.29) is 11.2 Å². The first-order valence-corrected chi connectivity index (χ1v) is 8.03. The van der Waals surface area contributed by atoms with Gasteiger partial charge in [0.1, 0.15) is 0 Å². The fraction of sp³-hybridized carbons (Fsp3) is 0.562. The lowest BCUT2D eigenvalue weighted by molar-refractivity contribution is 0.00578. The summed E-state index contributed by atoms with van der Waals surface area (Å²) in [4.78, 5) is 13.1. The number of rotatable bonds is 5. The summed E-state index contributed by atoms with van der Waals surface area (Å²) < 4.78 is 17.1. The van der Waals surface area contributed by atoms with Crippen LogP contribution in [0.2, 0.25) is 0 Å². The van der Waals surface area contributed by atoms with Crippen molar-refractivity contribution in [2.45, 2.75) is 38.9 Å². The second kappa shape index (κ2) is 6.27. The first-order chi connectivity index (χ1) is 11.3. The van der Waals surface area contributed by atoms with Gasteiger partial charge in [0, 0.05) is 36.9 Å². The van der Waals surface area contributed by atoms with Gasteiger partial charge in [0.05, 0.1) is 17.8 Å². The third-order valence-electron chi connectivity index (χ3n) is 4.57. The summed E-state index contributed by atoms with van der Waals surface area (Å²) in [5.74, 6) is 0.537. The van der Waals surface area contributed by atoms with E-state index in [0.717, 1.165) is 10.8 Å². The predicted molar refractivity (Wildman–Crippen MR) is 93.4 cm³/mol. The zero-order valence-electron chi connectivity index (χ0n) is 14.8. The summed E-state index contributed by atoms with van der Waals surface area (Å²) in [5.41, 5.74) is 0.742. The quantitative estimate of drug-likeness (QED) is 0.655. The summed E-state index contributed by atoms with van der Waals surface area (Å²) in [6.45, 7) is 9.36. The lowest BCUT2D eigenvalue weighted by atomic mass is 9.80. The number of anilines is 1. The molecule has 0 bridgehead atoms. The van der Waals surface area contributed by atoms with Crippen LogP contribution in [0.3, 0.4) is 0 Å². The first kappa shape index (κ1) is 17.1. The van der Waals surface area contributed by atoms with Crippen molar-refractivity contribution in [3.05, 3.63) is 18.5 Å². The van der Waals surface area contributed by atoms with Crippen LogP contribution in [-0.4, -0.2) is 53.5 Å². The summed E-state index contributed by atoms with van der Waals surface area (Å²) in [6, 6.07) is 1.96. The van der Waals surface area contributed by atoms with Gasteiger partial charge in [-0.1, -0.05) is 0 Å². The minimum absolute atomic E-state index is 0.377. The fourth-order valence-electron chi connectivity index (χ4n) is 2.40. The molecule has 0 amide bonds. The second-order valence-electron chi connectivity index (χ2n) is 6.88. The van der Waals surface area contributed by atoms with Gasteiger partial charge in [0.15, 0.2) is 5.65 Å². The van der Waals surface area contributed by atoms with Crippen LogP contribution >= 0.6 is 0 Å². The van der Waals surface area contributed by atoms with Gasteiger partial charge >= 0.3 is 7.12 Å². The second-order valence-corrected chi connectivity index (χ2v) is 6.88. The van der Waals surface area contributed by atoms with Gasteiger partial charge in [0.2, 0.25) is 5.95 Å². The van der Waals surface area contributed by atoms with Crippen LogP contribution < -0.4 is 10.8 Å². The number of nitrogens with zero attached hydrogens (tertiary/aromatic N) is 3. The normalized spacial score (nSPS) is 19.0. The Morgan fingerprint density at radius 2 is 1.83 bits per heavy atom. The molecule has 1 saturated heterocycles. The Balaban J connectivity index is 1.81. The topological polar surface area (TPSA) is 78.4 Å². The molecule has 0 spiro atoms. The summed E-state index contributed by atoms with van der Waals surface area (Å²) in [5, 5.41) is 3.94. The van der Waals surface area contributed by atoms with E-state index in [2.05, 4.69) is 20.3 Å². The van der Waals surface area contributed by atoms with E-state index in [1.165, 1.54) is 0 Å². The molecule has 1 aliphatic heterocycles. The maximum absolute atomic E-state index is 6.06. The Morgan fingerprint density at radius 3 is 2.50 bits per heavy atom. The zero-order chi connectivity index (χ0) is 17.4. The number of fused-ring (bicyclic) bond motifs is 1. The molecule has 2 aromatic heterocycles. The molecule has 3 heterocycles. The van der Waals surface area contributed by atoms with Crippen LogP contribution in [0.25, 0.3) is 11.0 Å². The molecule has 8 heteroatoms. The lowest BCUT2D eigenvalue weighted by Gasteiger charge is -2.32. The Morgan fingerprint density at radius 1 is 1.12 bits per heavy atom. The van der Waals surface area contributed by atoms with Crippen LogP contribution in [0.1, 0.15) is 27.7 Å². The maximum Gasteiger partial charge on any atom is 0.496 e. The average Bonchev–Trinajstić information content (AvgIpc) is 2.75. The van der Waals surface area contributed by atoms with E-state index >= 15 is 0 Å². The highest BCUT2D eigenvalue weighted by Crippen LogP contribution is 2.36. The average molecular weight is 330 g/mol. The van der Waals surface area contributed by atoms with Gasteiger partial charge in [0.25, 0.3) is 0 Å². The van der Waals surface area contributed by atoms with Gasteiger partial charge in [-0.05, 0) is 33.8 Å². The summed E-state index contributed by atoms with van der Waals surface area (Å²) >= 11 is 0. The third-order valence-corrected chi connectivity index (χ3v) is 4.57. The highest BCUT2D eigenvalue weighted by molar-refractivity contribution is 6.62. The van der Waals surface area contributed by atoms with Crippen LogP contribution in [0.4, 0.5) is 5.95 Å². The maximum atomic E-state index is 6.06. The minimum atomic E-state index is -0.439. The molecule has 2 aromatic rings. The van der Waals surface area contributed by atoms with Crippen LogP contribution in [0.5, 0.6) is 0 Å². The minimum Gasteiger partial charge on any atom is -0.399 e. The van der Waals surface area contributed by atoms with Crippen molar-refractivity contribution in [1.82, 2.24) is 15.0 Å². The zero-order valence-corrected chi connectivity index (χ0v) is 14.8. The number of hydrogen-bond donors (Lipinski definition) is 1. The summed E-state index contributed by atoms with van der Waals surface area (Å²) in [6.07, 6.45) is 3.50. The van der Waals surface area contributed by atoms with Crippen molar-refractivity contribution in [2.24, 2.45) is 0 Å². The van der Waals surface area contributed by atoms with E-state index in [9.17, 15) is 0 Å². The molecular formula is C16H23BN4O3. The highest BCUT2D eigenvalue weighted by Gasteiger charge is 2.51. The molecule has 0 atom stereocenters. The van der Waals surface area contributed by atoms with Gasteiger partial charge < -0.3 is 19.4 Å². The highest BCUT2D eigenvalue weighted by atomic mass is 16.7. The Hall–Kier alpha value is -1.77. The number of nitrogens with one attached hydrogen (secondary N) is 1. The molecular weight excluding hydrogens is 307 g/mol. The molecule has 0 saturated carbocycles. The van der Waals surface area contributed by atoms with Gasteiger partial charge in [-0.15, -0.1) is 0 Å². The lowest BCUT2D eigenvalue weighted by Crippen LogP contribution is -2.41. The molecule has 1 aliphatic rings. The smallest absolute Gasteiger partial charge is 0.399 e. The van der Waals surface area contributed by atoms with E-state index in [1.54, 1.807) is 19.5 Å². The monoisotopic (exact) mass is 330 g/mol. The van der Waals surface area contributed by atoms with Gasteiger partial charge in [-0.2, -0.15) is 4.98 Å². The molecule has 0 aliphatic carbocycles. The van der Waals surface area contributed by atoms with Crippen LogP contribution in [0.15, 0.2) is 18.5 Å². The van der Waals surface area contributed by atoms with Crippen molar-refractivity contribution in [2.75, 3.05) is 25.6 Å². The largest absolute Gasteiger partial charge is 0.496 e. The van der Waals surface area contributed by atoms with Gasteiger partial charge in [-0.3, -0.25) is 0 Å². The van der Waals surface area contributed by atoms with Crippen molar-refractivity contribution in [1.29, 1.82) is 0 Å². The Kier molecular flexibility index (Phi) is 4.46. The Labute approximate surface area is 142 Å². The summed E-state index contributed by atoms with van der Waals surface area (Å²) in [7, 11) is 1.22. The van der Waals surface area contributed by atoms with E-state index < -0.39 is 7.12 Å². The number of pyridine rings is 1. The van der Waals surface area contributed by atoms with Crippen molar-refractivity contribution in [3.8, 4) is 0 Å². The SMILES string of the molecule is COCCNc1ncc2cc(B3OC(C)(C)C(C)(C)O3)cnc2n1. The van der Waals surface area contributed by atoms with E-state index in [0.29, 0.717) is 24.7 Å². The van der Waals surface area contributed by atoms with Crippen molar-refractivity contribution in [3.63, 3.8) is 0 Å². The molecule has 0 aromatic carbocycles. The van der Waals surface area contributed by atoms with Crippen LogP contribution in [-0.2, 0) is 14.0 Å². The number of ether oxygens (including phenoxy) is 1. The molecule has 3 rings (SSSR count). The van der Waals surface area contributed by atoms with E-state index in [1.807, 2.05) is 33.8 Å². The van der Waals surface area contributed by atoms with Crippen LogP contribution in [0, 0.1) is 0 Å². The third kappa shape index (κ3) is 3.22. The number of methoxy groups -OCH3 is 1. The first-order valence-electron chi connectivity index (χ1n) is 8.03. The number of aromatic nitrogens is 3. The number of hydrogen-bond acceptors (Lipinski definition) is 7. The van der Waals surface area contributed by atoms with Gasteiger partial charge in [-0.25, -0.2) is 9.97 Å². The van der Waals surface area contributed by atoms with Crippen molar-refractivity contribution < 1.29 is 14.0 Å². The molecule has 128 valence electrons. The molecule has 0 radical (unpaired) electrons. The molecule has 0 unspecified atom stereocenters. The molecule has 1 fully saturated rings. The molecule has 7 nitrogen and oxygen atoms in total. The Bertz CT molecular complexity index is 722. The molecule has 1 N–H and O–H groups in total. The predicted octanol–water partition coefficient (Wildman–Crippen LogP) is 1.38.